The molecule has 2 fully saturated rings. The van der Waals surface area contributed by atoms with Gasteiger partial charge in [-0.3, -0.25) is 9.78 Å². The third-order valence-corrected chi connectivity index (χ3v) is 6.67. The Morgan fingerprint density at radius 2 is 1.85 bits per heavy atom. The standard InChI is InChI=1S/C25H30N6O3/c1-26-25(32)22-13-18(29-16-30-22)12-17-2-4-20(5-3-17)34-23-15-19(31-8-10-33-11-9-31)14-21-24(23)28-7-6-27-21/h6-7,13-17,20H,2-5,8-12H2,1H3,(H,26,32). The van der Waals surface area contributed by atoms with Crippen LogP contribution in [0.4, 0.5) is 5.69 Å². The van der Waals surface area contributed by atoms with Crippen LogP contribution < -0.4 is 15.0 Å². The summed E-state index contributed by atoms with van der Waals surface area (Å²) < 4.78 is 12.0. The molecule has 3 aromatic rings. The van der Waals surface area contributed by atoms with Gasteiger partial charge < -0.3 is 19.7 Å². The molecule has 1 saturated carbocycles. The summed E-state index contributed by atoms with van der Waals surface area (Å²) in [6.45, 7) is 3.19. The highest BCUT2D eigenvalue weighted by atomic mass is 16.5. The van der Waals surface area contributed by atoms with Gasteiger partial charge in [-0.2, -0.15) is 0 Å². The van der Waals surface area contributed by atoms with Crippen LogP contribution in [0.5, 0.6) is 5.75 Å². The van der Waals surface area contributed by atoms with Crippen LogP contribution in [0.2, 0.25) is 0 Å². The van der Waals surface area contributed by atoms with E-state index in [4.69, 9.17) is 9.47 Å². The summed E-state index contributed by atoms with van der Waals surface area (Å²) in [6, 6.07) is 5.99. The number of aromatic nitrogens is 4. The van der Waals surface area contributed by atoms with E-state index >= 15 is 0 Å². The highest BCUT2D eigenvalue weighted by molar-refractivity contribution is 5.92. The van der Waals surface area contributed by atoms with E-state index in [1.165, 1.54) is 6.33 Å². The molecule has 1 aliphatic heterocycles. The molecular weight excluding hydrogens is 432 g/mol. The normalized spacial score (nSPS) is 20.8. The van der Waals surface area contributed by atoms with E-state index in [0.717, 1.165) is 86.6 Å². The van der Waals surface area contributed by atoms with Crippen molar-refractivity contribution in [1.29, 1.82) is 0 Å². The molecule has 1 saturated heterocycles. The van der Waals surface area contributed by atoms with Crippen molar-refractivity contribution in [1.82, 2.24) is 25.3 Å². The molecular formula is C25H30N6O3. The van der Waals surface area contributed by atoms with E-state index in [0.29, 0.717) is 11.6 Å². The summed E-state index contributed by atoms with van der Waals surface area (Å²) in [6.07, 6.45) is 9.96. The van der Waals surface area contributed by atoms with Crippen LogP contribution in [-0.2, 0) is 11.2 Å². The number of carbonyl (C=O) groups excluding carboxylic acids is 1. The predicted octanol–water partition coefficient (Wildman–Crippen LogP) is 2.80. The van der Waals surface area contributed by atoms with Gasteiger partial charge in [0.05, 0.1) is 24.8 Å². The molecule has 9 heteroatoms. The lowest BCUT2D eigenvalue weighted by Crippen LogP contribution is -2.36. The maximum atomic E-state index is 11.9. The number of anilines is 1. The van der Waals surface area contributed by atoms with Crippen molar-refractivity contribution in [3.63, 3.8) is 0 Å². The number of hydrogen-bond donors (Lipinski definition) is 1. The zero-order valence-electron chi connectivity index (χ0n) is 19.4. The van der Waals surface area contributed by atoms with Crippen molar-refractivity contribution in [2.24, 2.45) is 5.92 Å². The molecule has 0 spiro atoms. The lowest BCUT2D eigenvalue weighted by atomic mass is 9.84. The first kappa shape index (κ1) is 22.5. The Kier molecular flexibility index (Phi) is 6.80. The average Bonchev–Trinajstić information content (AvgIpc) is 2.90. The summed E-state index contributed by atoms with van der Waals surface area (Å²) in [5, 5.41) is 2.61. The second kappa shape index (κ2) is 10.3. The van der Waals surface area contributed by atoms with Crippen LogP contribution in [0.25, 0.3) is 11.0 Å². The number of ether oxygens (including phenoxy) is 2. The van der Waals surface area contributed by atoms with E-state index in [1.54, 1.807) is 25.5 Å². The lowest BCUT2D eigenvalue weighted by molar-refractivity contribution is 0.0957. The fourth-order valence-corrected chi connectivity index (χ4v) is 4.81. The van der Waals surface area contributed by atoms with Crippen LogP contribution in [0, 0.1) is 5.92 Å². The van der Waals surface area contributed by atoms with Gasteiger partial charge in [0.25, 0.3) is 5.91 Å². The number of benzene rings is 1. The molecule has 1 amide bonds. The molecule has 5 rings (SSSR count). The molecule has 1 N–H and O–H groups in total. The quantitative estimate of drug-likeness (QED) is 0.597. The molecule has 2 aromatic heterocycles. The number of rotatable bonds is 6. The maximum absolute atomic E-state index is 11.9. The van der Waals surface area contributed by atoms with Gasteiger partial charge in [0.1, 0.15) is 23.3 Å². The van der Waals surface area contributed by atoms with E-state index < -0.39 is 0 Å². The molecule has 0 bridgehead atoms. The van der Waals surface area contributed by atoms with Crippen LogP contribution >= 0.6 is 0 Å². The van der Waals surface area contributed by atoms with Crippen molar-refractivity contribution in [3.05, 3.63) is 48.3 Å². The van der Waals surface area contributed by atoms with Crippen LogP contribution in [-0.4, -0.2) is 65.3 Å². The zero-order valence-corrected chi connectivity index (χ0v) is 19.4. The number of morpholine rings is 1. The van der Waals surface area contributed by atoms with E-state index in [9.17, 15) is 4.79 Å². The van der Waals surface area contributed by atoms with Crippen molar-refractivity contribution < 1.29 is 14.3 Å². The van der Waals surface area contributed by atoms with Crippen LogP contribution in [0.15, 0.2) is 36.9 Å². The summed E-state index contributed by atoms with van der Waals surface area (Å²) in [5.41, 5.74) is 4.10. The third kappa shape index (κ3) is 5.09. The maximum Gasteiger partial charge on any atom is 0.269 e. The minimum absolute atomic E-state index is 0.147. The van der Waals surface area contributed by atoms with Gasteiger partial charge in [-0.1, -0.05) is 0 Å². The summed E-state index contributed by atoms with van der Waals surface area (Å²) >= 11 is 0. The summed E-state index contributed by atoms with van der Waals surface area (Å²) in [7, 11) is 1.61. The van der Waals surface area contributed by atoms with Gasteiger partial charge in [0, 0.05) is 50.0 Å². The van der Waals surface area contributed by atoms with Crippen molar-refractivity contribution in [3.8, 4) is 5.75 Å². The fraction of sp³-hybridized carbons (Fsp3) is 0.480. The molecule has 0 unspecified atom stereocenters. The van der Waals surface area contributed by atoms with Crippen molar-refractivity contribution >= 4 is 22.6 Å². The molecule has 1 aliphatic carbocycles. The number of nitrogens with one attached hydrogen (secondary N) is 1. The zero-order chi connectivity index (χ0) is 23.3. The number of nitrogens with zero attached hydrogens (tertiary/aromatic N) is 5. The predicted molar refractivity (Wildman–Crippen MR) is 128 cm³/mol. The van der Waals surface area contributed by atoms with E-state index in [2.05, 4.69) is 42.3 Å². The first-order valence-electron chi connectivity index (χ1n) is 12.0. The Hall–Kier alpha value is -3.33. The highest BCUT2D eigenvalue weighted by Crippen LogP contribution is 2.34. The smallest absolute Gasteiger partial charge is 0.269 e. The van der Waals surface area contributed by atoms with E-state index in [1.807, 2.05) is 0 Å². The van der Waals surface area contributed by atoms with Gasteiger partial charge in [-0.15, -0.1) is 0 Å². The van der Waals surface area contributed by atoms with Crippen molar-refractivity contribution in [2.45, 2.75) is 38.2 Å². The number of amides is 1. The monoisotopic (exact) mass is 462 g/mol. The first-order valence-corrected chi connectivity index (χ1v) is 12.0. The molecule has 3 heterocycles. The van der Waals surface area contributed by atoms with Gasteiger partial charge in [0.15, 0.2) is 0 Å². The second-order valence-electron chi connectivity index (χ2n) is 8.91. The number of carbonyl (C=O) groups is 1. The van der Waals surface area contributed by atoms with E-state index in [-0.39, 0.29) is 12.0 Å². The Labute approximate surface area is 198 Å². The molecule has 34 heavy (non-hydrogen) atoms. The first-order chi connectivity index (χ1) is 16.7. The average molecular weight is 463 g/mol. The summed E-state index contributed by atoms with van der Waals surface area (Å²) in [4.78, 5) is 31.7. The SMILES string of the molecule is CNC(=O)c1cc(CC2CCC(Oc3cc(N4CCOCC4)cc4nccnc34)CC2)ncn1. The number of hydrogen-bond acceptors (Lipinski definition) is 8. The molecule has 0 atom stereocenters. The Balaban J connectivity index is 1.25. The lowest BCUT2D eigenvalue weighted by Gasteiger charge is -2.31. The third-order valence-electron chi connectivity index (χ3n) is 6.67. The largest absolute Gasteiger partial charge is 0.488 e. The van der Waals surface area contributed by atoms with Gasteiger partial charge in [-0.05, 0) is 50.2 Å². The van der Waals surface area contributed by atoms with Crippen LogP contribution in [0.1, 0.15) is 41.9 Å². The second-order valence-corrected chi connectivity index (χ2v) is 8.91. The molecule has 9 nitrogen and oxygen atoms in total. The van der Waals surface area contributed by atoms with Gasteiger partial charge in [-0.25, -0.2) is 15.0 Å². The summed E-state index contributed by atoms with van der Waals surface area (Å²) in [5.74, 6) is 1.14. The minimum Gasteiger partial charge on any atom is -0.488 e. The van der Waals surface area contributed by atoms with Gasteiger partial charge in [0.2, 0.25) is 0 Å². The van der Waals surface area contributed by atoms with Crippen molar-refractivity contribution in [2.75, 3.05) is 38.3 Å². The molecule has 178 valence electrons. The Bertz CT molecular complexity index is 1140. The molecule has 1 aromatic carbocycles. The molecule has 0 radical (unpaired) electrons. The Morgan fingerprint density at radius 3 is 2.65 bits per heavy atom. The Morgan fingerprint density at radius 1 is 1.06 bits per heavy atom. The topological polar surface area (TPSA) is 102 Å². The fourth-order valence-electron chi connectivity index (χ4n) is 4.81. The molecule has 2 aliphatic rings. The number of fused-ring (bicyclic) bond motifs is 1. The van der Waals surface area contributed by atoms with Crippen LogP contribution in [0.3, 0.4) is 0 Å². The minimum atomic E-state index is -0.185. The van der Waals surface area contributed by atoms with Gasteiger partial charge >= 0.3 is 0 Å². The highest BCUT2D eigenvalue weighted by Gasteiger charge is 2.25.